The number of para-hydroxylation sites is 1. The third kappa shape index (κ3) is 5.25. The second-order valence-corrected chi connectivity index (χ2v) is 8.58. The van der Waals surface area contributed by atoms with E-state index in [9.17, 15) is 14.7 Å². The third-order valence-electron chi connectivity index (χ3n) is 6.33. The molecular formula is C28H30N2O7. The van der Waals surface area contributed by atoms with Crippen LogP contribution in [-0.4, -0.2) is 43.9 Å². The number of carbonyl (C=O) groups is 1. The van der Waals surface area contributed by atoms with E-state index in [1.807, 2.05) is 30.5 Å². The first-order valence-corrected chi connectivity index (χ1v) is 11.8. The van der Waals surface area contributed by atoms with Gasteiger partial charge in [0, 0.05) is 47.6 Å². The molecule has 4 rings (SSSR count). The molecule has 0 aliphatic rings. The maximum atomic E-state index is 13.1. The quantitative estimate of drug-likeness (QED) is 0.297. The van der Waals surface area contributed by atoms with Crippen molar-refractivity contribution in [2.75, 3.05) is 27.9 Å². The molecule has 0 fully saturated rings. The van der Waals surface area contributed by atoms with E-state index < -0.39 is 11.5 Å². The summed E-state index contributed by atoms with van der Waals surface area (Å²) in [6.45, 7) is 1.96. The molecule has 1 unspecified atom stereocenters. The average molecular weight is 507 g/mol. The zero-order chi connectivity index (χ0) is 26.5. The summed E-state index contributed by atoms with van der Waals surface area (Å²) in [5, 5.41) is 14.8. The summed E-state index contributed by atoms with van der Waals surface area (Å²) in [5.41, 5.74) is 1.82. The lowest BCUT2D eigenvalue weighted by Crippen LogP contribution is -2.29. The largest absolute Gasteiger partial charge is 0.507 e. The van der Waals surface area contributed by atoms with Crippen LogP contribution in [0.3, 0.4) is 0 Å². The van der Waals surface area contributed by atoms with Gasteiger partial charge in [-0.15, -0.1) is 0 Å². The Kier molecular flexibility index (Phi) is 7.71. The highest BCUT2D eigenvalue weighted by Gasteiger charge is 2.30. The fourth-order valence-electron chi connectivity index (χ4n) is 4.63. The Labute approximate surface area is 214 Å². The maximum absolute atomic E-state index is 13.1. The van der Waals surface area contributed by atoms with Gasteiger partial charge in [0.1, 0.15) is 11.5 Å². The van der Waals surface area contributed by atoms with E-state index in [2.05, 4.69) is 10.3 Å². The number of amides is 1. The first-order valence-electron chi connectivity index (χ1n) is 11.8. The summed E-state index contributed by atoms with van der Waals surface area (Å²) in [7, 11) is 4.42. The Balaban J connectivity index is 1.64. The lowest BCUT2D eigenvalue weighted by Gasteiger charge is -2.22. The zero-order valence-corrected chi connectivity index (χ0v) is 21.2. The molecule has 37 heavy (non-hydrogen) atoms. The molecule has 2 aromatic carbocycles. The SMILES string of the molecule is COc1ccc(C(CC(=O)NCCc2c[nH]c3ccccc23)c2c(O)cc(C)oc2=O)c(OC)c1OC. The Morgan fingerprint density at radius 1 is 1.08 bits per heavy atom. The number of aromatic hydroxyl groups is 1. The molecule has 0 aliphatic carbocycles. The van der Waals surface area contributed by atoms with Crippen molar-refractivity contribution in [2.45, 2.75) is 25.7 Å². The van der Waals surface area contributed by atoms with Crippen LogP contribution in [0.5, 0.6) is 23.0 Å². The van der Waals surface area contributed by atoms with Gasteiger partial charge in [-0.05, 0) is 31.0 Å². The second-order valence-electron chi connectivity index (χ2n) is 8.58. The number of aromatic amines is 1. The Bertz CT molecular complexity index is 1470. The van der Waals surface area contributed by atoms with Crippen LogP contribution in [0.25, 0.3) is 10.9 Å². The van der Waals surface area contributed by atoms with Crippen molar-refractivity contribution in [3.63, 3.8) is 0 Å². The van der Waals surface area contributed by atoms with Crippen molar-refractivity contribution in [1.29, 1.82) is 0 Å². The number of H-pyrrole nitrogens is 1. The van der Waals surface area contributed by atoms with Crippen molar-refractivity contribution >= 4 is 16.8 Å². The van der Waals surface area contributed by atoms with Gasteiger partial charge in [-0.25, -0.2) is 4.79 Å². The van der Waals surface area contributed by atoms with Crippen LogP contribution in [0.4, 0.5) is 0 Å². The van der Waals surface area contributed by atoms with Crippen molar-refractivity contribution in [1.82, 2.24) is 10.3 Å². The van der Waals surface area contributed by atoms with Gasteiger partial charge >= 0.3 is 5.63 Å². The van der Waals surface area contributed by atoms with Gasteiger partial charge in [0.15, 0.2) is 11.5 Å². The molecule has 2 heterocycles. The number of nitrogens with one attached hydrogen (secondary N) is 2. The van der Waals surface area contributed by atoms with Crippen LogP contribution in [0.15, 0.2) is 57.9 Å². The summed E-state index contributed by atoms with van der Waals surface area (Å²) < 4.78 is 21.7. The van der Waals surface area contributed by atoms with Gasteiger partial charge < -0.3 is 34.0 Å². The molecule has 0 aliphatic heterocycles. The molecule has 4 aromatic rings. The van der Waals surface area contributed by atoms with Gasteiger partial charge in [-0.2, -0.15) is 0 Å². The number of hydrogen-bond donors (Lipinski definition) is 3. The number of hydrogen-bond acceptors (Lipinski definition) is 7. The first kappa shape index (κ1) is 25.7. The highest BCUT2D eigenvalue weighted by Crippen LogP contribution is 2.45. The molecule has 0 bridgehead atoms. The fraction of sp³-hybridized carbons (Fsp3) is 0.286. The number of methoxy groups -OCH3 is 3. The van der Waals surface area contributed by atoms with E-state index in [4.69, 9.17) is 18.6 Å². The fourth-order valence-corrected chi connectivity index (χ4v) is 4.63. The number of rotatable bonds is 10. The van der Waals surface area contributed by atoms with Crippen molar-refractivity contribution in [2.24, 2.45) is 0 Å². The molecule has 194 valence electrons. The molecule has 0 spiro atoms. The van der Waals surface area contributed by atoms with Crippen LogP contribution in [0.1, 0.15) is 34.8 Å². The molecule has 0 radical (unpaired) electrons. The van der Waals surface area contributed by atoms with E-state index in [0.717, 1.165) is 16.5 Å². The van der Waals surface area contributed by atoms with Gasteiger partial charge in [-0.1, -0.05) is 24.3 Å². The monoisotopic (exact) mass is 506 g/mol. The van der Waals surface area contributed by atoms with Crippen molar-refractivity contribution in [3.05, 3.63) is 81.5 Å². The number of ether oxygens (including phenoxy) is 3. The normalized spacial score (nSPS) is 11.8. The van der Waals surface area contributed by atoms with Crippen molar-refractivity contribution < 1.29 is 28.5 Å². The number of aryl methyl sites for hydroxylation is 1. The molecule has 1 amide bonds. The average Bonchev–Trinajstić information content (AvgIpc) is 3.29. The van der Waals surface area contributed by atoms with Crippen LogP contribution in [0, 0.1) is 6.92 Å². The molecule has 0 saturated heterocycles. The van der Waals surface area contributed by atoms with E-state index in [0.29, 0.717) is 30.0 Å². The smallest absolute Gasteiger partial charge is 0.343 e. The molecule has 9 nitrogen and oxygen atoms in total. The van der Waals surface area contributed by atoms with Gasteiger partial charge in [-0.3, -0.25) is 4.79 Å². The zero-order valence-electron chi connectivity index (χ0n) is 21.2. The summed E-state index contributed by atoms with van der Waals surface area (Å²) in [5.74, 6) is -0.165. The van der Waals surface area contributed by atoms with E-state index in [1.165, 1.54) is 27.4 Å². The molecular weight excluding hydrogens is 476 g/mol. The lowest BCUT2D eigenvalue weighted by molar-refractivity contribution is -0.121. The van der Waals surface area contributed by atoms with Crippen LogP contribution in [-0.2, 0) is 11.2 Å². The third-order valence-corrected chi connectivity index (χ3v) is 6.33. The summed E-state index contributed by atoms with van der Waals surface area (Å²) in [4.78, 5) is 29.2. The molecule has 9 heteroatoms. The lowest BCUT2D eigenvalue weighted by atomic mass is 9.87. The summed E-state index contributed by atoms with van der Waals surface area (Å²) >= 11 is 0. The predicted octanol–water partition coefficient (Wildman–Crippen LogP) is 4.04. The minimum atomic E-state index is -0.875. The van der Waals surface area contributed by atoms with E-state index >= 15 is 0 Å². The number of aromatic nitrogens is 1. The van der Waals surface area contributed by atoms with Crippen LogP contribution < -0.4 is 25.2 Å². The van der Waals surface area contributed by atoms with Crippen LogP contribution in [0.2, 0.25) is 0 Å². The molecule has 3 N–H and O–H groups in total. The van der Waals surface area contributed by atoms with Crippen LogP contribution >= 0.6 is 0 Å². The minimum absolute atomic E-state index is 0.0390. The van der Waals surface area contributed by atoms with Gasteiger partial charge in [0.2, 0.25) is 11.7 Å². The van der Waals surface area contributed by atoms with Crippen molar-refractivity contribution in [3.8, 4) is 23.0 Å². The van der Waals surface area contributed by atoms with Gasteiger partial charge in [0.05, 0.1) is 26.9 Å². The molecule has 2 aromatic heterocycles. The number of benzene rings is 2. The number of carbonyl (C=O) groups excluding carboxylic acids is 1. The minimum Gasteiger partial charge on any atom is -0.507 e. The Hall–Kier alpha value is -4.40. The molecule has 1 atom stereocenters. The maximum Gasteiger partial charge on any atom is 0.343 e. The topological polar surface area (TPSA) is 123 Å². The first-order chi connectivity index (χ1) is 17.9. The van der Waals surface area contributed by atoms with E-state index in [1.54, 1.807) is 19.1 Å². The standard InChI is InChI=1S/C28H30N2O7/c1-16-13-22(31)25(28(33)37-16)20(19-9-10-23(34-2)27(36-4)26(19)35-3)14-24(32)29-12-11-17-15-30-21-8-6-5-7-18(17)21/h5-10,13,15,20,30-31H,11-12,14H2,1-4H3,(H,29,32). The Morgan fingerprint density at radius 3 is 2.54 bits per heavy atom. The highest BCUT2D eigenvalue weighted by atomic mass is 16.5. The predicted molar refractivity (Wildman–Crippen MR) is 139 cm³/mol. The second kappa shape index (κ2) is 11.1. The van der Waals surface area contributed by atoms with E-state index in [-0.39, 0.29) is 35.2 Å². The highest BCUT2D eigenvalue weighted by molar-refractivity contribution is 5.83. The molecule has 0 saturated carbocycles. The number of fused-ring (bicyclic) bond motifs is 1. The summed E-state index contributed by atoms with van der Waals surface area (Å²) in [6, 6.07) is 12.7. The Morgan fingerprint density at radius 2 is 1.84 bits per heavy atom. The summed E-state index contributed by atoms with van der Waals surface area (Å²) in [6.07, 6.45) is 2.42. The van der Waals surface area contributed by atoms with Gasteiger partial charge in [0.25, 0.3) is 0 Å².